The van der Waals surface area contributed by atoms with Crippen LogP contribution in [0.1, 0.15) is 79.1 Å². The predicted octanol–water partition coefficient (Wildman–Crippen LogP) is 3.82. The molecule has 0 heterocycles. The minimum atomic E-state index is 1.35. The normalized spacial score (nSPS) is 11.1. The van der Waals surface area contributed by atoms with Gasteiger partial charge in [-0.25, -0.2) is 0 Å². The van der Waals surface area contributed by atoms with Crippen molar-refractivity contribution in [2.45, 2.75) is 79.1 Å². The summed E-state index contributed by atoms with van der Waals surface area (Å²) in [5.74, 6) is 0. The Morgan fingerprint density at radius 3 is 0.947 bits per heavy atom. The molecule has 0 saturated carbocycles. The fraction of sp³-hybridized carbons (Fsp3) is 1.00. The number of quaternary nitrogens is 1. The zero-order chi connectivity index (χ0) is 15.0. The Morgan fingerprint density at radius 1 is 0.579 bits per heavy atom. The van der Waals surface area contributed by atoms with Crippen LogP contribution in [0.3, 0.4) is 0 Å². The van der Waals surface area contributed by atoms with E-state index in [1.807, 2.05) is 0 Å². The van der Waals surface area contributed by atoms with E-state index in [9.17, 15) is 0 Å². The van der Waals surface area contributed by atoms with Crippen LogP contribution in [0, 0.1) is 0 Å². The molecule has 0 aromatic heterocycles. The van der Waals surface area contributed by atoms with Crippen LogP contribution in [-0.4, -0.2) is 35.9 Å². The molecule has 0 aromatic carbocycles. The first-order chi connectivity index (χ1) is 9.24. The SMILES string of the molecule is CCCC[N+](CCCC)(CCCC)CCCC.[O-]O. The molecular weight excluding hydrogens is 238 g/mol. The average Bonchev–Trinajstić information content (AvgIpc) is 2.48. The summed E-state index contributed by atoms with van der Waals surface area (Å²) in [5, 5.41) is 13.0. The summed E-state index contributed by atoms with van der Waals surface area (Å²) in [7, 11) is 0. The van der Waals surface area contributed by atoms with E-state index < -0.39 is 0 Å². The van der Waals surface area contributed by atoms with Gasteiger partial charge in [0.1, 0.15) is 0 Å². The Balaban J connectivity index is 0. The molecule has 0 aliphatic carbocycles. The topological polar surface area (TPSA) is 43.3 Å². The molecular formula is C16H37NO2. The lowest BCUT2D eigenvalue weighted by atomic mass is 10.1. The highest BCUT2D eigenvalue weighted by atomic mass is 17.0. The van der Waals surface area contributed by atoms with Gasteiger partial charge in [-0.05, 0) is 25.7 Å². The first-order valence-electron chi connectivity index (χ1n) is 8.28. The van der Waals surface area contributed by atoms with Gasteiger partial charge in [0, 0.05) is 0 Å². The monoisotopic (exact) mass is 275 g/mol. The Morgan fingerprint density at radius 2 is 0.789 bits per heavy atom. The molecule has 0 aliphatic heterocycles. The molecule has 0 aliphatic rings. The lowest BCUT2D eigenvalue weighted by Gasteiger charge is -2.39. The van der Waals surface area contributed by atoms with Crippen molar-refractivity contribution in [3.8, 4) is 0 Å². The second-order valence-electron chi connectivity index (χ2n) is 5.65. The van der Waals surface area contributed by atoms with E-state index in [1.54, 1.807) is 0 Å². The highest BCUT2D eigenvalue weighted by molar-refractivity contribution is 4.49. The molecule has 1 N–H and O–H groups in total. The molecule has 0 rings (SSSR count). The van der Waals surface area contributed by atoms with E-state index in [0.29, 0.717) is 0 Å². The summed E-state index contributed by atoms with van der Waals surface area (Å²) in [6.45, 7) is 15.0. The quantitative estimate of drug-likeness (QED) is 0.334. The standard InChI is InChI=1S/C16H36N.H2O2/c1-5-9-13-17(14-10-6-2,15-11-7-3)16-12-8-4;1-2/h5-16H2,1-4H3;1-2H/q+1;/p-1. The van der Waals surface area contributed by atoms with Crippen molar-refractivity contribution in [2.75, 3.05) is 26.2 Å². The van der Waals surface area contributed by atoms with Gasteiger partial charge in [-0.3, -0.25) is 0 Å². The molecule has 0 radical (unpaired) electrons. The molecule has 3 heteroatoms. The fourth-order valence-electron chi connectivity index (χ4n) is 2.64. The van der Waals surface area contributed by atoms with E-state index >= 15 is 0 Å². The summed E-state index contributed by atoms with van der Waals surface area (Å²) in [4.78, 5) is 0. The molecule has 0 unspecified atom stereocenters. The molecule has 19 heavy (non-hydrogen) atoms. The molecule has 3 nitrogen and oxygen atoms in total. The minimum Gasteiger partial charge on any atom is -0.727 e. The Hall–Kier alpha value is -0.120. The van der Waals surface area contributed by atoms with Crippen LogP contribution >= 0.6 is 0 Å². The predicted molar refractivity (Wildman–Crippen MR) is 82.0 cm³/mol. The Kier molecular flexibility index (Phi) is 17.8. The van der Waals surface area contributed by atoms with E-state index in [4.69, 9.17) is 10.5 Å². The van der Waals surface area contributed by atoms with Crippen LogP contribution in [0.15, 0.2) is 0 Å². The smallest absolute Gasteiger partial charge is 0.0786 e. The summed E-state index contributed by atoms with van der Waals surface area (Å²) < 4.78 is 1.42. The molecule has 0 aromatic rings. The molecule has 0 amide bonds. The van der Waals surface area contributed by atoms with Gasteiger partial charge in [-0.2, -0.15) is 0 Å². The maximum absolute atomic E-state index is 7.25. The van der Waals surface area contributed by atoms with Gasteiger partial charge in [0.25, 0.3) is 0 Å². The van der Waals surface area contributed by atoms with Crippen LogP contribution in [0.4, 0.5) is 0 Å². The highest BCUT2D eigenvalue weighted by Crippen LogP contribution is 2.16. The fourth-order valence-corrected chi connectivity index (χ4v) is 2.64. The number of unbranched alkanes of at least 4 members (excludes halogenated alkanes) is 4. The summed E-state index contributed by atoms with van der Waals surface area (Å²) in [5.41, 5.74) is 0. The first kappa shape index (κ1) is 21.2. The maximum atomic E-state index is 7.25. The van der Waals surface area contributed by atoms with Crippen molar-refractivity contribution >= 4 is 0 Å². The molecule has 0 fully saturated rings. The van der Waals surface area contributed by atoms with Gasteiger partial charge in [0.05, 0.1) is 26.2 Å². The number of nitrogens with zero attached hydrogens (tertiary/aromatic N) is 1. The first-order valence-corrected chi connectivity index (χ1v) is 8.28. The third kappa shape index (κ3) is 11.4. The van der Waals surface area contributed by atoms with Gasteiger partial charge in [0.15, 0.2) is 0 Å². The van der Waals surface area contributed by atoms with Gasteiger partial charge in [0.2, 0.25) is 0 Å². The Bertz CT molecular complexity index is 125. The van der Waals surface area contributed by atoms with Gasteiger partial charge in [-0.1, -0.05) is 53.4 Å². The van der Waals surface area contributed by atoms with E-state index in [1.165, 1.54) is 82.0 Å². The van der Waals surface area contributed by atoms with E-state index in [2.05, 4.69) is 27.7 Å². The second-order valence-corrected chi connectivity index (χ2v) is 5.65. The average molecular weight is 275 g/mol. The molecule has 0 atom stereocenters. The van der Waals surface area contributed by atoms with E-state index in [-0.39, 0.29) is 0 Å². The third-order valence-electron chi connectivity index (χ3n) is 3.94. The highest BCUT2D eigenvalue weighted by Gasteiger charge is 2.24. The molecule has 118 valence electrons. The van der Waals surface area contributed by atoms with Crippen molar-refractivity contribution in [1.82, 2.24) is 0 Å². The van der Waals surface area contributed by atoms with Crippen molar-refractivity contribution in [1.29, 1.82) is 0 Å². The minimum absolute atomic E-state index is 1.35. The van der Waals surface area contributed by atoms with E-state index in [0.717, 1.165) is 0 Å². The van der Waals surface area contributed by atoms with Crippen LogP contribution in [-0.2, 0) is 0 Å². The second kappa shape index (κ2) is 15.9. The molecule has 0 spiro atoms. The lowest BCUT2D eigenvalue weighted by molar-refractivity contribution is -0.929. The van der Waals surface area contributed by atoms with Crippen molar-refractivity contribution in [3.05, 3.63) is 0 Å². The van der Waals surface area contributed by atoms with Gasteiger partial charge in [-0.15, -0.1) is 0 Å². The van der Waals surface area contributed by atoms with Gasteiger partial charge < -0.3 is 15.0 Å². The van der Waals surface area contributed by atoms with Crippen LogP contribution in [0.5, 0.6) is 0 Å². The lowest BCUT2D eigenvalue weighted by Crippen LogP contribution is -2.50. The molecule has 0 saturated heterocycles. The summed E-state index contributed by atoms with van der Waals surface area (Å²) in [6, 6.07) is 0. The Labute approximate surface area is 121 Å². The van der Waals surface area contributed by atoms with Crippen LogP contribution < -0.4 is 5.26 Å². The maximum Gasteiger partial charge on any atom is 0.0786 e. The number of rotatable bonds is 12. The summed E-state index contributed by atoms with van der Waals surface area (Å²) in [6.07, 6.45) is 11.1. The van der Waals surface area contributed by atoms with Crippen molar-refractivity contribution in [2.24, 2.45) is 0 Å². The zero-order valence-electron chi connectivity index (χ0n) is 13.8. The van der Waals surface area contributed by atoms with Crippen molar-refractivity contribution < 1.29 is 15.0 Å². The summed E-state index contributed by atoms with van der Waals surface area (Å²) >= 11 is 0. The van der Waals surface area contributed by atoms with Crippen molar-refractivity contribution in [3.63, 3.8) is 0 Å². The van der Waals surface area contributed by atoms with Crippen LogP contribution in [0.25, 0.3) is 0 Å². The van der Waals surface area contributed by atoms with Crippen LogP contribution in [0.2, 0.25) is 0 Å². The number of hydrogen-bond acceptors (Lipinski definition) is 2. The molecule has 0 bridgehead atoms. The zero-order valence-corrected chi connectivity index (χ0v) is 13.8. The van der Waals surface area contributed by atoms with Gasteiger partial charge >= 0.3 is 0 Å². The third-order valence-corrected chi connectivity index (χ3v) is 3.94. The number of hydrogen-bond donors (Lipinski definition) is 1. The largest absolute Gasteiger partial charge is 0.727 e.